The average Bonchev–Trinajstić information content (AvgIpc) is 3.02. The number of imidazole rings is 1. The van der Waals surface area contributed by atoms with Crippen LogP contribution in [0.15, 0.2) is 46.0 Å². The summed E-state index contributed by atoms with van der Waals surface area (Å²) in [5, 5.41) is 0. The highest BCUT2D eigenvalue weighted by Gasteiger charge is 2.25. The number of ether oxygens (including phenoxy) is 2. The van der Waals surface area contributed by atoms with E-state index in [1.807, 2.05) is 12.1 Å². The lowest BCUT2D eigenvalue weighted by Crippen LogP contribution is -2.11. The van der Waals surface area contributed by atoms with E-state index in [1.54, 1.807) is 32.6 Å². The zero-order valence-electron chi connectivity index (χ0n) is 14.9. The molecular formula is C20H17BrFN3O2. The first-order chi connectivity index (χ1) is 13.1. The van der Waals surface area contributed by atoms with Gasteiger partial charge in [0.2, 0.25) is 5.95 Å². The summed E-state index contributed by atoms with van der Waals surface area (Å²) in [5.74, 6) is 1.72. The average molecular weight is 430 g/mol. The van der Waals surface area contributed by atoms with Gasteiger partial charge < -0.3 is 14.0 Å². The van der Waals surface area contributed by atoms with Gasteiger partial charge in [-0.15, -0.1) is 0 Å². The second kappa shape index (κ2) is 7.15. The Bertz CT molecular complexity index is 1030. The van der Waals surface area contributed by atoms with E-state index in [-0.39, 0.29) is 5.82 Å². The van der Waals surface area contributed by atoms with Gasteiger partial charge in [0, 0.05) is 18.3 Å². The Hall–Kier alpha value is -2.67. The molecule has 7 heteroatoms. The molecule has 2 aromatic carbocycles. The number of nitrogens with zero attached hydrogens (tertiary/aromatic N) is 3. The lowest BCUT2D eigenvalue weighted by Gasteiger charge is -2.21. The van der Waals surface area contributed by atoms with Crippen molar-refractivity contribution in [2.45, 2.75) is 13.0 Å². The predicted octanol–water partition coefficient (Wildman–Crippen LogP) is 4.78. The molecule has 27 heavy (non-hydrogen) atoms. The third-order valence-corrected chi connectivity index (χ3v) is 5.13. The highest BCUT2D eigenvalue weighted by molar-refractivity contribution is 9.10. The van der Waals surface area contributed by atoms with Gasteiger partial charge in [-0.3, -0.25) is 0 Å². The molecule has 0 N–H and O–H groups in total. The summed E-state index contributed by atoms with van der Waals surface area (Å²) in [6.07, 6.45) is 2.52. The Balaban J connectivity index is 1.76. The van der Waals surface area contributed by atoms with Crippen LogP contribution in [0.2, 0.25) is 0 Å². The standard InChI is InChI=1S/C20H17BrFN3O2/c1-26-16-9-13-7-8-25-18(15(13)10-17(16)27-2)19(21)24-20(25)23-11-12-3-5-14(22)6-4-12/h3-6,9-11H,7-8H2,1-2H3/b23-11+. The number of methoxy groups -OCH3 is 2. The van der Waals surface area contributed by atoms with Crippen LogP contribution in [0.1, 0.15) is 11.1 Å². The van der Waals surface area contributed by atoms with E-state index in [1.165, 1.54) is 17.7 Å². The Morgan fingerprint density at radius 3 is 2.56 bits per heavy atom. The van der Waals surface area contributed by atoms with Gasteiger partial charge in [0.1, 0.15) is 10.4 Å². The van der Waals surface area contributed by atoms with Gasteiger partial charge in [0.15, 0.2) is 11.5 Å². The Morgan fingerprint density at radius 1 is 1.15 bits per heavy atom. The van der Waals surface area contributed by atoms with Gasteiger partial charge in [-0.2, -0.15) is 0 Å². The lowest BCUT2D eigenvalue weighted by molar-refractivity contribution is 0.354. The maximum absolute atomic E-state index is 13.0. The van der Waals surface area contributed by atoms with Crippen LogP contribution in [0.25, 0.3) is 11.3 Å². The van der Waals surface area contributed by atoms with Crippen LogP contribution in [-0.4, -0.2) is 30.0 Å². The molecule has 138 valence electrons. The van der Waals surface area contributed by atoms with Crippen LogP contribution in [0, 0.1) is 5.82 Å². The number of aromatic nitrogens is 2. The molecule has 0 saturated carbocycles. The molecule has 0 radical (unpaired) electrons. The minimum absolute atomic E-state index is 0.269. The van der Waals surface area contributed by atoms with Crippen molar-refractivity contribution in [1.29, 1.82) is 0 Å². The molecule has 4 rings (SSSR count). The van der Waals surface area contributed by atoms with Gasteiger partial charge >= 0.3 is 0 Å². The molecule has 1 aromatic heterocycles. The summed E-state index contributed by atoms with van der Waals surface area (Å²) in [6, 6.07) is 10.2. The van der Waals surface area contributed by atoms with Gasteiger partial charge in [-0.05, 0) is 57.7 Å². The monoisotopic (exact) mass is 429 g/mol. The number of aliphatic imine (C=N–C) groups is 1. The number of hydrogen-bond donors (Lipinski definition) is 0. The topological polar surface area (TPSA) is 48.6 Å². The lowest BCUT2D eigenvalue weighted by atomic mass is 9.98. The zero-order chi connectivity index (χ0) is 19.0. The van der Waals surface area contributed by atoms with Crippen molar-refractivity contribution in [3.8, 4) is 22.8 Å². The number of halogens is 2. The summed E-state index contributed by atoms with van der Waals surface area (Å²) >= 11 is 3.56. The van der Waals surface area contributed by atoms with Crippen LogP contribution in [0.3, 0.4) is 0 Å². The molecule has 2 heterocycles. The van der Waals surface area contributed by atoms with Gasteiger partial charge in [0.25, 0.3) is 0 Å². The molecule has 0 atom stereocenters. The maximum Gasteiger partial charge on any atom is 0.231 e. The third kappa shape index (κ3) is 3.23. The first-order valence-corrected chi connectivity index (χ1v) is 9.21. The smallest absolute Gasteiger partial charge is 0.231 e. The fourth-order valence-electron chi connectivity index (χ4n) is 3.24. The Kier molecular flexibility index (Phi) is 4.70. The minimum Gasteiger partial charge on any atom is -0.493 e. The van der Waals surface area contributed by atoms with Gasteiger partial charge in [-0.25, -0.2) is 14.4 Å². The number of hydrogen-bond acceptors (Lipinski definition) is 4. The van der Waals surface area contributed by atoms with Crippen molar-refractivity contribution in [3.05, 3.63) is 57.9 Å². The van der Waals surface area contributed by atoms with E-state index in [4.69, 9.17) is 9.47 Å². The van der Waals surface area contributed by atoms with Gasteiger partial charge in [-0.1, -0.05) is 12.1 Å². The van der Waals surface area contributed by atoms with Crippen LogP contribution >= 0.6 is 15.9 Å². The molecule has 5 nitrogen and oxygen atoms in total. The molecule has 1 aliphatic heterocycles. The first kappa shape index (κ1) is 17.7. The summed E-state index contributed by atoms with van der Waals surface area (Å²) < 4.78 is 26.7. The number of aryl methyl sites for hydroxylation is 1. The van der Waals surface area contributed by atoms with E-state index < -0.39 is 0 Å². The fraction of sp³-hybridized carbons (Fsp3) is 0.200. The summed E-state index contributed by atoms with van der Waals surface area (Å²) in [5.41, 5.74) is 3.99. The minimum atomic E-state index is -0.269. The van der Waals surface area contributed by atoms with Crippen molar-refractivity contribution < 1.29 is 13.9 Å². The van der Waals surface area contributed by atoms with Crippen molar-refractivity contribution in [2.75, 3.05) is 14.2 Å². The van der Waals surface area contributed by atoms with Crippen molar-refractivity contribution in [2.24, 2.45) is 4.99 Å². The molecule has 0 bridgehead atoms. The van der Waals surface area contributed by atoms with Crippen LogP contribution in [-0.2, 0) is 13.0 Å². The number of rotatable bonds is 4. The third-order valence-electron chi connectivity index (χ3n) is 4.57. The molecule has 3 aromatic rings. The second-order valence-corrected chi connectivity index (χ2v) is 6.88. The molecule has 0 fully saturated rings. The highest BCUT2D eigenvalue weighted by atomic mass is 79.9. The van der Waals surface area contributed by atoms with Crippen molar-refractivity contribution in [1.82, 2.24) is 9.55 Å². The molecule has 0 spiro atoms. The molecule has 0 aliphatic carbocycles. The fourth-order valence-corrected chi connectivity index (χ4v) is 3.83. The molecule has 0 unspecified atom stereocenters. The van der Waals surface area contributed by atoms with Crippen LogP contribution < -0.4 is 9.47 Å². The van der Waals surface area contributed by atoms with Gasteiger partial charge in [0.05, 0.1) is 19.9 Å². The summed E-state index contributed by atoms with van der Waals surface area (Å²) in [4.78, 5) is 9.07. The van der Waals surface area contributed by atoms with E-state index in [0.29, 0.717) is 11.7 Å². The molecular weight excluding hydrogens is 413 g/mol. The maximum atomic E-state index is 13.0. The molecule has 1 aliphatic rings. The summed E-state index contributed by atoms with van der Waals surface area (Å²) in [7, 11) is 3.26. The Labute approximate surface area is 164 Å². The zero-order valence-corrected chi connectivity index (χ0v) is 16.5. The molecule has 0 amide bonds. The van der Waals surface area contributed by atoms with E-state index in [0.717, 1.165) is 40.1 Å². The number of fused-ring (bicyclic) bond motifs is 3. The van der Waals surface area contributed by atoms with E-state index in [9.17, 15) is 4.39 Å². The SMILES string of the molecule is COc1cc2c(cc1OC)-c1c(Br)nc(/N=C/c3ccc(F)cc3)n1CC2. The first-order valence-electron chi connectivity index (χ1n) is 8.41. The van der Waals surface area contributed by atoms with E-state index >= 15 is 0 Å². The predicted molar refractivity (Wildman–Crippen MR) is 106 cm³/mol. The van der Waals surface area contributed by atoms with Crippen molar-refractivity contribution in [3.63, 3.8) is 0 Å². The van der Waals surface area contributed by atoms with Crippen molar-refractivity contribution >= 4 is 28.1 Å². The largest absolute Gasteiger partial charge is 0.493 e. The normalized spacial score (nSPS) is 12.7. The summed E-state index contributed by atoms with van der Waals surface area (Å²) in [6.45, 7) is 0.756. The molecule has 0 saturated heterocycles. The number of benzene rings is 2. The van der Waals surface area contributed by atoms with E-state index in [2.05, 4.69) is 30.5 Å². The van der Waals surface area contributed by atoms with Crippen LogP contribution in [0.4, 0.5) is 10.3 Å². The highest BCUT2D eigenvalue weighted by Crippen LogP contribution is 2.42. The Morgan fingerprint density at radius 2 is 1.85 bits per heavy atom. The second-order valence-electron chi connectivity index (χ2n) is 6.13. The quantitative estimate of drug-likeness (QED) is 0.560. The van der Waals surface area contributed by atoms with Crippen LogP contribution in [0.5, 0.6) is 11.5 Å².